The minimum Gasteiger partial charge on any atom is -0.382 e. The molecule has 32 heavy (non-hydrogen) atoms. The van der Waals surface area contributed by atoms with Gasteiger partial charge in [-0.25, -0.2) is 13.9 Å². The molecular weight excluding hydrogens is 435 g/mol. The first-order chi connectivity index (χ1) is 15.3. The second-order valence-electron chi connectivity index (χ2n) is 7.01. The molecule has 0 aliphatic carbocycles. The lowest BCUT2D eigenvalue weighted by Gasteiger charge is -2.21. The molecule has 4 aromatic heterocycles. The Kier molecular flexibility index (Phi) is 5.46. The standard InChI is InChI=1S/C20H18ClFN10/c1-3-14(27-18-12(5-23)17(24)29-20(25)30-18)13-8-32-19(15(21)9(2)31-32)28-16(13)10-4-11(22)7-26-6-10/h4,6-8,14H,3H2,1-2H3,(H5,24,25,27,29,30)/t14-/m0/s1. The van der Waals surface area contributed by atoms with E-state index in [1.54, 1.807) is 17.6 Å². The number of nitriles is 1. The number of fused-ring (bicyclic) bond motifs is 1. The average Bonchev–Trinajstić information content (AvgIpc) is 3.03. The molecule has 0 amide bonds. The van der Waals surface area contributed by atoms with Crippen LogP contribution in [-0.4, -0.2) is 29.5 Å². The van der Waals surface area contributed by atoms with Crippen molar-refractivity contribution in [3.63, 3.8) is 0 Å². The van der Waals surface area contributed by atoms with E-state index in [0.29, 0.717) is 39.6 Å². The molecule has 0 saturated carbocycles. The molecule has 0 radical (unpaired) electrons. The predicted molar refractivity (Wildman–Crippen MR) is 118 cm³/mol. The summed E-state index contributed by atoms with van der Waals surface area (Å²) < 4.78 is 15.5. The molecule has 0 aromatic carbocycles. The van der Waals surface area contributed by atoms with Crippen molar-refractivity contribution in [2.24, 2.45) is 0 Å². The minimum atomic E-state index is -0.505. The van der Waals surface area contributed by atoms with Crippen molar-refractivity contribution in [1.29, 1.82) is 5.26 Å². The highest BCUT2D eigenvalue weighted by atomic mass is 35.5. The third-order valence-electron chi connectivity index (χ3n) is 4.88. The van der Waals surface area contributed by atoms with Gasteiger partial charge in [-0.3, -0.25) is 4.98 Å². The fourth-order valence-corrected chi connectivity index (χ4v) is 3.54. The summed E-state index contributed by atoms with van der Waals surface area (Å²) in [4.78, 5) is 16.6. The molecule has 162 valence electrons. The molecule has 0 aliphatic rings. The van der Waals surface area contributed by atoms with Gasteiger partial charge in [0.15, 0.2) is 11.5 Å². The number of aromatic nitrogens is 6. The molecule has 0 bridgehead atoms. The third kappa shape index (κ3) is 3.72. The van der Waals surface area contributed by atoms with E-state index in [0.717, 1.165) is 6.20 Å². The summed E-state index contributed by atoms with van der Waals surface area (Å²) in [6.45, 7) is 3.69. The van der Waals surface area contributed by atoms with Gasteiger partial charge in [0.2, 0.25) is 5.95 Å². The van der Waals surface area contributed by atoms with Crippen LogP contribution in [0.25, 0.3) is 16.9 Å². The van der Waals surface area contributed by atoms with Crippen LogP contribution in [-0.2, 0) is 0 Å². The van der Waals surface area contributed by atoms with Crippen molar-refractivity contribution in [3.8, 4) is 17.3 Å². The topological polar surface area (TPSA) is 157 Å². The van der Waals surface area contributed by atoms with Gasteiger partial charge in [-0.1, -0.05) is 18.5 Å². The highest BCUT2D eigenvalue weighted by Crippen LogP contribution is 2.34. The maximum Gasteiger partial charge on any atom is 0.224 e. The van der Waals surface area contributed by atoms with Crippen LogP contribution < -0.4 is 16.8 Å². The van der Waals surface area contributed by atoms with Gasteiger partial charge in [0, 0.05) is 23.5 Å². The number of nitrogens with two attached hydrogens (primary N) is 2. The molecule has 0 spiro atoms. The van der Waals surface area contributed by atoms with Crippen molar-refractivity contribution < 1.29 is 4.39 Å². The molecule has 1 atom stereocenters. The largest absolute Gasteiger partial charge is 0.382 e. The van der Waals surface area contributed by atoms with Gasteiger partial charge in [-0.15, -0.1) is 0 Å². The first-order valence-electron chi connectivity index (χ1n) is 9.58. The number of hydrogen-bond donors (Lipinski definition) is 3. The average molecular weight is 453 g/mol. The number of nitrogen functional groups attached to an aromatic ring is 2. The molecule has 4 heterocycles. The summed E-state index contributed by atoms with van der Waals surface area (Å²) in [5.74, 6) is -0.427. The van der Waals surface area contributed by atoms with Crippen molar-refractivity contribution in [2.75, 3.05) is 16.8 Å². The van der Waals surface area contributed by atoms with Gasteiger partial charge < -0.3 is 16.8 Å². The van der Waals surface area contributed by atoms with Gasteiger partial charge in [0.05, 0.1) is 23.6 Å². The van der Waals surface area contributed by atoms with Crippen molar-refractivity contribution in [2.45, 2.75) is 26.3 Å². The van der Waals surface area contributed by atoms with Gasteiger partial charge in [-0.05, 0) is 19.4 Å². The first-order valence-corrected chi connectivity index (χ1v) is 9.96. The Morgan fingerprint density at radius 3 is 2.75 bits per heavy atom. The van der Waals surface area contributed by atoms with Crippen LogP contribution in [0.15, 0.2) is 24.7 Å². The van der Waals surface area contributed by atoms with E-state index in [1.807, 2.05) is 13.0 Å². The summed E-state index contributed by atoms with van der Waals surface area (Å²) in [6.07, 6.45) is 4.92. The van der Waals surface area contributed by atoms with E-state index in [-0.39, 0.29) is 23.1 Å². The van der Waals surface area contributed by atoms with E-state index in [9.17, 15) is 9.65 Å². The lowest BCUT2D eigenvalue weighted by atomic mass is 10.00. The van der Waals surface area contributed by atoms with Crippen LogP contribution in [0.5, 0.6) is 0 Å². The van der Waals surface area contributed by atoms with Crippen molar-refractivity contribution in [3.05, 3.63) is 52.3 Å². The summed E-state index contributed by atoms with van der Waals surface area (Å²) in [5.41, 5.74) is 14.2. The predicted octanol–water partition coefficient (Wildman–Crippen LogP) is 3.28. The fraction of sp³-hybridized carbons (Fsp3) is 0.200. The maximum atomic E-state index is 14.0. The number of rotatable bonds is 5. The summed E-state index contributed by atoms with van der Waals surface area (Å²) in [5, 5.41) is 17.5. The Morgan fingerprint density at radius 2 is 2.06 bits per heavy atom. The Morgan fingerprint density at radius 1 is 1.28 bits per heavy atom. The van der Waals surface area contributed by atoms with Crippen LogP contribution >= 0.6 is 11.6 Å². The van der Waals surface area contributed by atoms with Crippen LogP contribution in [0.3, 0.4) is 0 Å². The van der Waals surface area contributed by atoms with E-state index in [4.69, 9.17) is 23.1 Å². The zero-order chi connectivity index (χ0) is 23.0. The van der Waals surface area contributed by atoms with Crippen LogP contribution in [0, 0.1) is 24.1 Å². The van der Waals surface area contributed by atoms with Gasteiger partial charge in [0.25, 0.3) is 0 Å². The zero-order valence-electron chi connectivity index (χ0n) is 17.1. The normalized spacial score (nSPS) is 12.0. The second-order valence-corrected chi connectivity index (χ2v) is 7.39. The second kappa shape index (κ2) is 8.24. The fourth-order valence-electron chi connectivity index (χ4n) is 3.37. The molecule has 12 heteroatoms. The number of hydrogen-bond acceptors (Lipinski definition) is 9. The monoisotopic (exact) mass is 452 g/mol. The van der Waals surface area contributed by atoms with Crippen LogP contribution in [0.1, 0.15) is 36.2 Å². The smallest absolute Gasteiger partial charge is 0.224 e. The SMILES string of the molecule is CC[C@H](Nc1nc(N)nc(N)c1C#N)c1cn2nc(C)c(Cl)c2nc1-c1cncc(F)c1. The molecule has 0 saturated heterocycles. The molecule has 0 fully saturated rings. The van der Waals surface area contributed by atoms with Crippen molar-refractivity contribution >= 4 is 34.8 Å². The quantitative estimate of drug-likeness (QED) is 0.413. The number of pyridine rings is 1. The van der Waals surface area contributed by atoms with E-state index >= 15 is 0 Å². The Balaban J connectivity index is 1.92. The Hall–Kier alpha value is -4.04. The Labute approximate surface area is 187 Å². The number of anilines is 3. The molecular formula is C20H18ClFN10. The number of halogens is 2. The molecule has 4 aromatic rings. The highest BCUT2D eigenvalue weighted by molar-refractivity contribution is 6.34. The summed E-state index contributed by atoms with van der Waals surface area (Å²) in [7, 11) is 0. The number of nitrogens with zero attached hydrogens (tertiary/aromatic N) is 7. The van der Waals surface area contributed by atoms with Gasteiger partial charge in [0.1, 0.15) is 28.3 Å². The van der Waals surface area contributed by atoms with Crippen LogP contribution in [0.4, 0.5) is 22.0 Å². The maximum absolute atomic E-state index is 14.0. The number of aryl methyl sites for hydroxylation is 1. The molecule has 5 N–H and O–H groups in total. The molecule has 0 aliphatic heterocycles. The first kappa shape index (κ1) is 21.2. The summed E-state index contributed by atoms with van der Waals surface area (Å²) in [6, 6.07) is 2.90. The molecule has 0 unspecified atom stereocenters. The third-order valence-corrected chi connectivity index (χ3v) is 5.32. The van der Waals surface area contributed by atoms with E-state index in [2.05, 4.69) is 30.4 Å². The summed E-state index contributed by atoms with van der Waals surface area (Å²) >= 11 is 6.37. The van der Waals surface area contributed by atoms with Crippen LogP contribution in [0.2, 0.25) is 5.02 Å². The van der Waals surface area contributed by atoms with E-state index < -0.39 is 11.9 Å². The molecule has 4 rings (SSSR count). The Bertz CT molecular complexity index is 1380. The molecule has 10 nitrogen and oxygen atoms in total. The lowest BCUT2D eigenvalue weighted by Crippen LogP contribution is -2.17. The van der Waals surface area contributed by atoms with E-state index in [1.165, 1.54) is 12.3 Å². The zero-order valence-corrected chi connectivity index (χ0v) is 17.9. The van der Waals surface area contributed by atoms with Crippen molar-refractivity contribution in [1.82, 2.24) is 29.5 Å². The minimum absolute atomic E-state index is 0.0324. The number of nitrogens with one attached hydrogen (secondary N) is 1. The van der Waals surface area contributed by atoms with Gasteiger partial charge in [-0.2, -0.15) is 20.3 Å². The van der Waals surface area contributed by atoms with Gasteiger partial charge >= 0.3 is 0 Å². The highest BCUT2D eigenvalue weighted by Gasteiger charge is 2.23. The lowest BCUT2D eigenvalue weighted by molar-refractivity contribution is 0.621.